The van der Waals surface area contributed by atoms with Crippen LogP contribution in [0, 0.1) is 5.82 Å². The number of nitrogens with one attached hydrogen (secondary N) is 1. The molecule has 134 valence electrons. The lowest BCUT2D eigenvalue weighted by molar-refractivity contribution is 0.102. The zero-order chi connectivity index (χ0) is 18.7. The Balaban J connectivity index is 1.77. The Morgan fingerprint density at radius 3 is 2.81 bits per heavy atom. The number of aromatic nitrogens is 2. The van der Waals surface area contributed by atoms with E-state index >= 15 is 0 Å². The number of rotatable bonds is 5. The molecule has 1 heterocycles. The number of ether oxygens (including phenoxy) is 1. The molecule has 3 aromatic rings. The van der Waals surface area contributed by atoms with Crippen LogP contribution in [0.5, 0.6) is 5.75 Å². The Labute approximate surface area is 159 Å². The first-order chi connectivity index (χ1) is 12.5. The molecule has 0 saturated heterocycles. The maximum absolute atomic E-state index is 13.9. The first-order valence-electron chi connectivity index (χ1n) is 7.59. The summed E-state index contributed by atoms with van der Waals surface area (Å²) in [6.07, 6.45) is 1.62. The lowest BCUT2D eigenvalue weighted by Crippen LogP contribution is -2.14. The average molecular weight is 394 g/mol. The van der Waals surface area contributed by atoms with Gasteiger partial charge in [-0.2, -0.15) is 5.10 Å². The summed E-state index contributed by atoms with van der Waals surface area (Å²) < 4.78 is 20.5. The van der Waals surface area contributed by atoms with E-state index < -0.39 is 11.7 Å². The molecule has 0 aliphatic heterocycles. The van der Waals surface area contributed by atoms with Crippen molar-refractivity contribution in [3.05, 3.63) is 75.7 Å². The van der Waals surface area contributed by atoms with Gasteiger partial charge >= 0.3 is 0 Å². The normalized spacial score (nSPS) is 10.6. The van der Waals surface area contributed by atoms with Crippen molar-refractivity contribution < 1.29 is 13.9 Å². The SMILES string of the molecule is COc1ccc(Cl)cc1C(=O)Nc1ccn(Cc2c(F)cccc2Cl)n1. The van der Waals surface area contributed by atoms with Gasteiger partial charge in [-0.3, -0.25) is 9.48 Å². The molecular formula is C18H14Cl2FN3O2. The number of methoxy groups -OCH3 is 1. The van der Waals surface area contributed by atoms with Crippen molar-refractivity contribution in [1.82, 2.24) is 9.78 Å². The van der Waals surface area contributed by atoms with E-state index in [4.69, 9.17) is 27.9 Å². The van der Waals surface area contributed by atoms with Crippen LogP contribution in [0.25, 0.3) is 0 Å². The van der Waals surface area contributed by atoms with Crippen LogP contribution < -0.4 is 10.1 Å². The second-order valence-corrected chi connectivity index (χ2v) is 6.24. The molecule has 26 heavy (non-hydrogen) atoms. The number of hydrogen-bond donors (Lipinski definition) is 1. The van der Waals surface area contributed by atoms with Crippen molar-refractivity contribution in [2.75, 3.05) is 12.4 Å². The van der Waals surface area contributed by atoms with E-state index in [0.717, 1.165) is 0 Å². The maximum atomic E-state index is 13.9. The van der Waals surface area contributed by atoms with E-state index in [0.29, 0.717) is 27.2 Å². The highest BCUT2D eigenvalue weighted by Crippen LogP contribution is 2.24. The van der Waals surface area contributed by atoms with Crippen LogP contribution in [0.1, 0.15) is 15.9 Å². The van der Waals surface area contributed by atoms with E-state index in [9.17, 15) is 9.18 Å². The van der Waals surface area contributed by atoms with Gasteiger partial charge in [-0.25, -0.2) is 4.39 Å². The van der Waals surface area contributed by atoms with Crippen molar-refractivity contribution in [2.24, 2.45) is 0 Å². The standard InChI is InChI=1S/C18H14Cl2FN3O2/c1-26-16-6-5-11(19)9-12(16)18(25)22-17-7-8-24(23-17)10-13-14(20)3-2-4-15(13)21/h2-9H,10H2,1H3,(H,22,23,25). The molecule has 0 aliphatic rings. The molecule has 0 radical (unpaired) electrons. The van der Waals surface area contributed by atoms with E-state index in [-0.39, 0.29) is 12.1 Å². The number of hydrogen-bond acceptors (Lipinski definition) is 3. The highest BCUT2D eigenvalue weighted by Gasteiger charge is 2.15. The first-order valence-corrected chi connectivity index (χ1v) is 8.35. The molecule has 8 heteroatoms. The van der Waals surface area contributed by atoms with Crippen LogP contribution in [0.4, 0.5) is 10.2 Å². The van der Waals surface area contributed by atoms with Crippen LogP contribution in [0.15, 0.2) is 48.7 Å². The summed E-state index contributed by atoms with van der Waals surface area (Å²) in [6, 6.07) is 10.8. The van der Waals surface area contributed by atoms with Gasteiger partial charge in [0.25, 0.3) is 5.91 Å². The molecule has 0 saturated carbocycles. The summed E-state index contributed by atoms with van der Waals surface area (Å²) >= 11 is 12.0. The van der Waals surface area contributed by atoms with Crippen LogP contribution in [-0.4, -0.2) is 22.8 Å². The number of anilines is 1. The molecule has 1 N–H and O–H groups in total. The van der Waals surface area contributed by atoms with Crippen LogP contribution in [0.3, 0.4) is 0 Å². The molecule has 1 aromatic heterocycles. The topological polar surface area (TPSA) is 56.1 Å². The smallest absolute Gasteiger partial charge is 0.260 e. The fourth-order valence-electron chi connectivity index (χ4n) is 2.40. The molecule has 0 atom stereocenters. The van der Waals surface area contributed by atoms with Crippen molar-refractivity contribution in [2.45, 2.75) is 6.54 Å². The summed E-state index contributed by atoms with van der Waals surface area (Å²) in [6.45, 7) is 0.141. The van der Waals surface area contributed by atoms with E-state index in [1.807, 2.05) is 0 Å². The van der Waals surface area contributed by atoms with Crippen molar-refractivity contribution in [1.29, 1.82) is 0 Å². The van der Waals surface area contributed by atoms with Gasteiger partial charge in [0.15, 0.2) is 5.82 Å². The average Bonchev–Trinajstić information content (AvgIpc) is 3.05. The summed E-state index contributed by atoms with van der Waals surface area (Å²) in [7, 11) is 1.47. The first kappa shape index (κ1) is 18.2. The van der Waals surface area contributed by atoms with Crippen molar-refractivity contribution in [3.63, 3.8) is 0 Å². The minimum atomic E-state index is -0.418. The Morgan fingerprint density at radius 1 is 1.27 bits per heavy atom. The zero-order valence-corrected chi connectivity index (χ0v) is 15.2. The summed E-state index contributed by atoms with van der Waals surface area (Å²) in [4.78, 5) is 12.4. The monoisotopic (exact) mass is 393 g/mol. The minimum absolute atomic E-state index is 0.141. The third-order valence-corrected chi connectivity index (χ3v) is 4.26. The molecule has 0 spiro atoms. The van der Waals surface area contributed by atoms with Gasteiger partial charge in [-0.15, -0.1) is 0 Å². The highest BCUT2D eigenvalue weighted by atomic mass is 35.5. The van der Waals surface area contributed by atoms with E-state index in [2.05, 4.69) is 10.4 Å². The Morgan fingerprint density at radius 2 is 2.08 bits per heavy atom. The minimum Gasteiger partial charge on any atom is -0.496 e. The summed E-state index contributed by atoms with van der Waals surface area (Å²) in [5.41, 5.74) is 0.610. The zero-order valence-electron chi connectivity index (χ0n) is 13.7. The molecule has 5 nitrogen and oxygen atoms in total. The number of carbonyl (C=O) groups excluding carboxylic acids is 1. The van der Waals surface area contributed by atoms with Gasteiger partial charge in [-0.05, 0) is 30.3 Å². The lowest BCUT2D eigenvalue weighted by Gasteiger charge is -2.08. The lowest BCUT2D eigenvalue weighted by atomic mass is 10.2. The Hall–Kier alpha value is -2.57. The molecule has 0 fully saturated rings. The summed E-state index contributed by atoms with van der Waals surface area (Å²) in [5, 5.41) is 7.60. The quantitative estimate of drug-likeness (QED) is 0.686. The van der Waals surface area contributed by atoms with Gasteiger partial charge in [0.1, 0.15) is 11.6 Å². The van der Waals surface area contributed by atoms with Crippen molar-refractivity contribution in [3.8, 4) is 5.75 Å². The second kappa shape index (κ2) is 7.76. The molecule has 3 rings (SSSR count). The largest absolute Gasteiger partial charge is 0.496 e. The molecule has 0 aliphatic carbocycles. The fraction of sp³-hybridized carbons (Fsp3) is 0.111. The van der Waals surface area contributed by atoms with Crippen LogP contribution in [-0.2, 0) is 6.54 Å². The Bertz CT molecular complexity index is 939. The number of nitrogens with zero attached hydrogens (tertiary/aromatic N) is 2. The van der Waals surface area contributed by atoms with E-state index in [1.165, 1.54) is 30.0 Å². The van der Waals surface area contributed by atoms with Gasteiger partial charge < -0.3 is 10.1 Å². The maximum Gasteiger partial charge on any atom is 0.260 e. The summed E-state index contributed by atoms with van der Waals surface area (Å²) in [5.74, 6) is -0.130. The van der Waals surface area contributed by atoms with Crippen LogP contribution in [0.2, 0.25) is 10.0 Å². The van der Waals surface area contributed by atoms with Gasteiger partial charge in [-0.1, -0.05) is 29.3 Å². The number of benzene rings is 2. The second-order valence-electron chi connectivity index (χ2n) is 5.40. The Kier molecular flexibility index (Phi) is 5.44. The fourth-order valence-corrected chi connectivity index (χ4v) is 2.80. The molecule has 1 amide bonds. The van der Waals surface area contributed by atoms with Crippen molar-refractivity contribution >= 4 is 34.9 Å². The number of halogens is 3. The number of carbonyl (C=O) groups is 1. The highest BCUT2D eigenvalue weighted by molar-refractivity contribution is 6.31. The molecule has 0 bridgehead atoms. The van der Waals surface area contributed by atoms with Gasteiger partial charge in [0.2, 0.25) is 0 Å². The number of amides is 1. The predicted molar refractivity (Wildman–Crippen MR) is 98.7 cm³/mol. The van der Waals surface area contributed by atoms with Gasteiger partial charge in [0.05, 0.1) is 19.2 Å². The molecule has 0 unspecified atom stereocenters. The third kappa shape index (κ3) is 3.98. The van der Waals surface area contributed by atoms with Crippen LogP contribution >= 0.6 is 23.2 Å². The molecular weight excluding hydrogens is 380 g/mol. The third-order valence-electron chi connectivity index (χ3n) is 3.67. The predicted octanol–water partition coefficient (Wildman–Crippen LogP) is 4.64. The van der Waals surface area contributed by atoms with Gasteiger partial charge in [0, 0.05) is 27.9 Å². The molecule has 2 aromatic carbocycles. The van der Waals surface area contributed by atoms with E-state index in [1.54, 1.807) is 30.5 Å².